The zero-order valence-electron chi connectivity index (χ0n) is 12.9. The Balaban J connectivity index is 1.92. The van der Waals surface area contributed by atoms with Crippen LogP contribution in [0.2, 0.25) is 0 Å². The van der Waals surface area contributed by atoms with Crippen molar-refractivity contribution in [2.75, 3.05) is 6.54 Å². The summed E-state index contributed by atoms with van der Waals surface area (Å²) in [6, 6.07) is 12.4. The summed E-state index contributed by atoms with van der Waals surface area (Å²) in [5, 5.41) is 5.53. The fraction of sp³-hybridized carbons (Fsp3) is 0.222. The van der Waals surface area contributed by atoms with Crippen LogP contribution in [0.15, 0.2) is 48.5 Å². The molecule has 2 N–H and O–H groups in total. The van der Waals surface area contributed by atoms with Gasteiger partial charge in [-0.1, -0.05) is 19.1 Å². The van der Waals surface area contributed by atoms with E-state index in [9.17, 15) is 14.0 Å². The number of halogens is 1. The number of amides is 2. The second-order valence-corrected chi connectivity index (χ2v) is 5.14. The Bertz CT molecular complexity index is 666. The van der Waals surface area contributed by atoms with Crippen molar-refractivity contribution < 1.29 is 14.0 Å². The molecular weight excluding hydrogens is 295 g/mol. The SMILES string of the molecule is CCCNC(=O)c1ccc(C(=O)NCc2ccc(F)cc2)cc1. The minimum Gasteiger partial charge on any atom is -0.352 e. The molecule has 0 unspecified atom stereocenters. The third-order valence-electron chi connectivity index (χ3n) is 3.31. The molecule has 0 aliphatic carbocycles. The molecule has 2 aromatic rings. The van der Waals surface area contributed by atoms with Gasteiger partial charge in [0.05, 0.1) is 0 Å². The summed E-state index contributed by atoms with van der Waals surface area (Å²) in [4.78, 5) is 23.8. The topological polar surface area (TPSA) is 58.2 Å². The average molecular weight is 314 g/mol. The Morgan fingerprint density at radius 2 is 1.39 bits per heavy atom. The van der Waals surface area contributed by atoms with Gasteiger partial charge < -0.3 is 10.6 Å². The van der Waals surface area contributed by atoms with E-state index in [1.54, 1.807) is 36.4 Å². The predicted molar refractivity (Wildman–Crippen MR) is 86.6 cm³/mol. The molecule has 0 saturated heterocycles. The highest BCUT2D eigenvalue weighted by atomic mass is 19.1. The first kappa shape index (κ1) is 16.7. The lowest BCUT2D eigenvalue weighted by Crippen LogP contribution is -2.25. The van der Waals surface area contributed by atoms with E-state index in [1.807, 2.05) is 6.92 Å². The smallest absolute Gasteiger partial charge is 0.251 e. The highest BCUT2D eigenvalue weighted by molar-refractivity contribution is 5.97. The lowest BCUT2D eigenvalue weighted by molar-refractivity contribution is 0.0940. The maximum Gasteiger partial charge on any atom is 0.251 e. The second-order valence-electron chi connectivity index (χ2n) is 5.14. The number of carbonyl (C=O) groups is 2. The van der Waals surface area contributed by atoms with Gasteiger partial charge in [0.2, 0.25) is 0 Å². The number of rotatable bonds is 6. The Morgan fingerprint density at radius 1 is 0.870 bits per heavy atom. The molecule has 23 heavy (non-hydrogen) atoms. The third kappa shape index (κ3) is 4.92. The molecule has 0 atom stereocenters. The number of benzene rings is 2. The molecule has 0 heterocycles. The molecule has 5 heteroatoms. The maximum atomic E-state index is 12.8. The van der Waals surface area contributed by atoms with E-state index in [0.29, 0.717) is 24.2 Å². The molecular formula is C18H19FN2O2. The monoisotopic (exact) mass is 314 g/mol. The van der Waals surface area contributed by atoms with Crippen LogP contribution in [-0.2, 0) is 6.54 Å². The zero-order valence-corrected chi connectivity index (χ0v) is 12.9. The van der Waals surface area contributed by atoms with Crippen LogP contribution >= 0.6 is 0 Å². The first-order valence-corrected chi connectivity index (χ1v) is 7.51. The zero-order chi connectivity index (χ0) is 16.7. The van der Waals surface area contributed by atoms with Crippen molar-refractivity contribution in [3.05, 3.63) is 71.0 Å². The minimum absolute atomic E-state index is 0.148. The first-order chi connectivity index (χ1) is 11.1. The van der Waals surface area contributed by atoms with Crippen molar-refractivity contribution in [3.8, 4) is 0 Å². The summed E-state index contributed by atoms with van der Waals surface area (Å²) in [5.41, 5.74) is 1.81. The molecule has 0 saturated carbocycles. The van der Waals surface area contributed by atoms with Crippen LogP contribution in [0.1, 0.15) is 39.6 Å². The fourth-order valence-electron chi connectivity index (χ4n) is 2.00. The molecule has 2 amide bonds. The van der Waals surface area contributed by atoms with Crippen molar-refractivity contribution in [1.29, 1.82) is 0 Å². The van der Waals surface area contributed by atoms with Crippen molar-refractivity contribution in [2.45, 2.75) is 19.9 Å². The quantitative estimate of drug-likeness (QED) is 0.861. The summed E-state index contributed by atoms with van der Waals surface area (Å²) in [6.45, 7) is 2.92. The number of carbonyl (C=O) groups excluding carboxylic acids is 2. The first-order valence-electron chi connectivity index (χ1n) is 7.51. The van der Waals surface area contributed by atoms with E-state index >= 15 is 0 Å². The Hall–Kier alpha value is -2.69. The van der Waals surface area contributed by atoms with Crippen LogP contribution in [0.25, 0.3) is 0 Å². The fourth-order valence-corrected chi connectivity index (χ4v) is 2.00. The van der Waals surface area contributed by atoms with E-state index in [-0.39, 0.29) is 17.6 Å². The normalized spacial score (nSPS) is 10.2. The summed E-state index contributed by atoms with van der Waals surface area (Å²) in [6.07, 6.45) is 0.871. The standard InChI is InChI=1S/C18H19FN2O2/c1-2-11-20-17(22)14-5-7-15(8-6-14)18(23)21-12-13-3-9-16(19)10-4-13/h3-10H,2,11-12H2,1H3,(H,20,22)(H,21,23). The van der Waals surface area contributed by atoms with E-state index in [4.69, 9.17) is 0 Å². The Morgan fingerprint density at radius 3 is 1.91 bits per heavy atom. The van der Waals surface area contributed by atoms with Gasteiger partial charge in [0.1, 0.15) is 5.82 Å². The Kier molecular flexibility index (Phi) is 5.86. The lowest BCUT2D eigenvalue weighted by atomic mass is 10.1. The van der Waals surface area contributed by atoms with Crippen molar-refractivity contribution in [2.24, 2.45) is 0 Å². The second kappa shape index (κ2) is 8.08. The van der Waals surface area contributed by atoms with E-state index in [1.165, 1.54) is 12.1 Å². The van der Waals surface area contributed by atoms with Gasteiger partial charge in [-0.2, -0.15) is 0 Å². The van der Waals surface area contributed by atoms with Crippen molar-refractivity contribution >= 4 is 11.8 Å². The number of hydrogen-bond donors (Lipinski definition) is 2. The van der Waals surface area contributed by atoms with Gasteiger partial charge in [0.25, 0.3) is 11.8 Å². The highest BCUT2D eigenvalue weighted by Crippen LogP contribution is 2.06. The Labute approximate surface area is 134 Å². The molecule has 4 nitrogen and oxygen atoms in total. The van der Waals surface area contributed by atoms with Gasteiger partial charge in [-0.15, -0.1) is 0 Å². The molecule has 0 aromatic heterocycles. The summed E-state index contributed by atoms with van der Waals surface area (Å²) in [5.74, 6) is -0.697. The third-order valence-corrected chi connectivity index (χ3v) is 3.31. The van der Waals surface area contributed by atoms with E-state index < -0.39 is 0 Å². The van der Waals surface area contributed by atoms with Gasteiger partial charge >= 0.3 is 0 Å². The molecule has 0 fully saturated rings. The van der Waals surface area contributed by atoms with Gasteiger partial charge in [-0.3, -0.25) is 9.59 Å². The van der Waals surface area contributed by atoms with Crippen LogP contribution in [0.4, 0.5) is 4.39 Å². The van der Waals surface area contributed by atoms with Crippen LogP contribution in [-0.4, -0.2) is 18.4 Å². The molecule has 0 radical (unpaired) electrons. The van der Waals surface area contributed by atoms with Crippen molar-refractivity contribution in [3.63, 3.8) is 0 Å². The van der Waals surface area contributed by atoms with Gasteiger partial charge in [0.15, 0.2) is 0 Å². The molecule has 2 aromatic carbocycles. The van der Waals surface area contributed by atoms with Gasteiger partial charge in [-0.25, -0.2) is 4.39 Å². The molecule has 0 aliphatic heterocycles. The lowest BCUT2D eigenvalue weighted by Gasteiger charge is -2.07. The van der Waals surface area contributed by atoms with Crippen LogP contribution in [0, 0.1) is 5.82 Å². The van der Waals surface area contributed by atoms with Gasteiger partial charge in [0, 0.05) is 24.2 Å². The maximum absolute atomic E-state index is 12.8. The highest BCUT2D eigenvalue weighted by Gasteiger charge is 2.08. The number of hydrogen-bond acceptors (Lipinski definition) is 2. The number of nitrogens with one attached hydrogen (secondary N) is 2. The summed E-state index contributed by atoms with van der Waals surface area (Å²) >= 11 is 0. The molecule has 2 rings (SSSR count). The summed E-state index contributed by atoms with van der Waals surface area (Å²) in [7, 11) is 0. The summed E-state index contributed by atoms with van der Waals surface area (Å²) < 4.78 is 12.8. The minimum atomic E-state index is -0.308. The predicted octanol–water partition coefficient (Wildman–Crippen LogP) is 2.90. The molecule has 0 bridgehead atoms. The van der Waals surface area contributed by atoms with Gasteiger partial charge in [-0.05, 0) is 48.4 Å². The van der Waals surface area contributed by atoms with Crippen LogP contribution < -0.4 is 10.6 Å². The van der Waals surface area contributed by atoms with E-state index in [0.717, 1.165) is 12.0 Å². The molecule has 0 spiro atoms. The largest absolute Gasteiger partial charge is 0.352 e. The van der Waals surface area contributed by atoms with Crippen LogP contribution in [0.5, 0.6) is 0 Å². The van der Waals surface area contributed by atoms with E-state index in [2.05, 4.69) is 10.6 Å². The molecule has 120 valence electrons. The molecule has 0 aliphatic rings. The average Bonchev–Trinajstić information content (AvgIpc) is 2.59. The van der Waals surface area contributed by atoms with Crippen LogP contribution in [0.3, 0.4) is 0 Å². The van der Waals surface area contributed by atoms with Crippen molar-refractivity contribution in [1.82, 2.24) is 10.6 Å².